The highest BCUT2D eigenvalue weighted by Gasteiger charge is 2.22. The van der Waals surface area contributed by atoms with Crippen LogP contribution in [0, 0.1) is 11.6 Å². The van der Waals surface area contributed by atoms with E-state index in [0.717, 1.165) is 6.07 Å². The minimum atomic E-state index is -0.954. The number of rotatable bonds is 3. The number of pyridine rings is 1. The van der Waals surface area contributed by atoms with Crippen molar-refractivity contribution in [1.82, 2.24) is 4.57 Å². The van der Waals surface area contributed by atoms with Crippen molar-refractivity contribution in [2.24, 2.45) is 0 Å². The molecule has 2 aromatic rings. The van der Waals surface area contributed by atoms with Crippen molar-refractivity contribution in [2.45, 2.75) is 59.4 Å². The minimum Gasteiger partial charge on any atom is -0.344 e. The van der Waals surface area contributed by atoms with Gasteiger partial charge in [0, 0.05) is 28.8 Å². The molecule has 0 aliphatic heterocycles. The summed E-state index contributed by atoms with van der Waals surface area (Å²) in [4.78, 5) is 12.7. The Morgan fingerprint density at radius 1 is 1.00 bits per heavy atom. The topological polar surface area (TPSA) is 22.0 Å². The quantitative estimate of drug-likeness (QED) is 0.772. The first-order valence-corrected chi connectivity index (χ1v) is 7.73. The highest BCUT2D eigenvalue weighted by molar-refractivity contribution is 5.84. The molecule has 0 saturated carbocycles. The lowest BCUT2D eigenvalue weighted by Gasteiger charge is -2.22. The standard InChI is InChI=1S/C18H23F2NO/c1-9(2)13-8-21(11(5)6)17-12(18(13)22)7-14(19)16(20)15(17)10(3)4/h7-11H,1-6H3. The molecule has 0 aliphatic carbocycles. The van der Waals surface area contributed by atoms with Gasteiger partial charge in [-0.3, -0.25) is 4.79 Å². The van der Waals surface area contributed by atoms with Crippen molar-refractivity contribution in [3.63, 3.8) is 0 Å². The second-order valence-electron chi connectivity index (χ2n) is 6.71. The highest BCUT2D eigenvalue weighted by Crippen LogP contribution is 2.31. The Balaban J connectivity index is 3.12. The third-order valence-electron chi connectivity index (χ3n) is 4.03. The van der Waals surface area contributed by atoms with Crippen molar-refractivity contribution in [1.29, 1.82) is 0 Å². The molecule has 120 valence electrons. The average Bonchev–Trinajstić information content (AvgIpc) is 2.40. The Kier molecular flexibility index (Phi) is 4.41. The van der Waals surface area contributed by atoms with Crippen LogP contribution in [-0.4, -0.2) is 4.57 Å². The van der Waals surface area contributed by atoms with Crippen LogP contribution in [0.15, 0.2) is 17.1 Å². The van der Waals surface area contributed by atoms with E-state index >= 15 is 0 Å². The van der Waals surface area contributed by atoms with Gasteiger partial charge in [-0.1, -0.05) is 27.7 Å². The summed E-state index contributed by atoms with van der Waals surface area (Å²) in [6.07, 6.45) is 1.79. The molecule has 0 spiro atoms. The van der Waals surface area contributed by atoms with Crippen LogP contribution in [0.1, 0.15) is 70.5 Å². The van der Waals surface area contributed by atoms with E-state index < -0.39 is 11.6 Å². The van der Waals surface area contributed by atoms with Gasteiger partial charge in [-0.25, -0.2) is 8.78 Å². The molecule has 2 nitrogen and oxygen atoms in total. The molecule has 0 amide bonds. The fourth-order valence-corrected chi connectivity index (χ4v) is 2.86. The van der Waals surface area contributed by atoms with Crippen LogP contribution < -0.4 is 5.43 Å². The summed E-state index contributed by atoms with van der Waals surface area (Å²) >= 11 is 0. The summed E-state index contributed by atoms with van der Waals surface area (Å²) in [5.74, 6) is -2.00. The molecule has 0 fully saturated rings. The first kappa shape index (κ1) is 16.7. The van der Waals surface area contributed by atoms with Crippen molar-refractivity contribution < 1.29 is 8.78 Å². The number of benzene rings is 1. The molecule has 0 atom stereocenters. The van der Waals surface area contributed by atoms with Crippen LogP contribution in [0.3, 0.4) is 0 Å². The van der Waals surface area contributed by atoms with E-state index in [-0.39, 0.29) is 34.3 Å². The van der Waals surface area contributed by atoms with Gasteiger partial charge in [0.2, 0.25) is 0 Å². The van der Waals surface area contributed by atoms with Gasteiger partial charge in [0.15, 0.2) is 17.1 Å². The predicted molar refractivity (Wildman–Crippen MR) is 86.7 cm³/mol. The molecule has 0 unspecified atom stereocenters. The number of fused-ring (bicyclic) bond motifs is 1. The molecular formula is C18H23F2NO. The van der Waals surface area contributed by atoms with Gasteiger partial charge in [-0.2, -0.15) is 0 Å². The molecule has 0 aliphatic rings. The summed E-state index contributed by atoms with van der Waals surface area (Å²) in [5.41, 5.74) is 1.21. The van der Waals surface area contributed by atoms with Gasteiger partial charge in [-0.05, 0) is 31.7 Å². The second-order valence-corrected chi connectivity index (χ2v) is 6.71. The predicted octanol–water partition coefficient (Wildman–Crippen LogP) is 5.11. The van der Waals surface area contributed by atoms with Gasteiger partial charge in [-0.15, -0.1) is 0 Å². The lowest BCUT2D eigenvalue weighted by Crippen LogP contribution is -2.19. The maximum atomic E-state index is 14.3. The molecule has 22 heavy (non-hydrogen) atoms. The Bertz CT molecular complexity index is 773. The number of hydrogen-bond donors (Lipinski definition) is 0. The molecule has 1 aromatic carbocycles. The second kappa shape index (κ2) is 5.82. The number of aromatic nitrogens is 1. The van der Waals surface area contributed by atoms with Crippen molar-refractivity contribution >= 4 is 10.9 Å². The maximum Gasteiger partial charge on any atom is 0.192 e. The molecular weight excluding hydrogens is 284 g/mol. The third kappa shape index (κ3) is 2.55. The Labute approximate surface area is 129 Å². The largest absolute Gasteiger partial charge is 0.344 e. The van der Waals surface area contributed by atoms with E-state index in [4.69, 9.17) is 0 Å². The lowest BCUT2D eigenvalue weighted by molar-refractivity contribution is 0.494. The first-order valence-electron chi connectivity index (χ1n) is 7.73. The van der Waals surface area contributed by atoms with E-state index in [1.807, 2.05) is 46.1 Å². The fraction of sp³-hybridized carbons (Fsp3) is 0.500. The van der Waals surface area contributed by atoms with Crippen LogP contribution in [0.5, 0.6) is 0 Å². The summed E-state index contributed by atoms with van der Waals surface area (Å²) in [6, 6.07) is 1.09. The Hall–Kier alpha value is -1.71. The molecule has 0 radical (unpaired) electrons. The molecule has 0 N–H and O–H groups in total. The summed E-state index contributed by atoms with van der Waals surface area (Å²) in [6.45, 7) is 11.4. The van der Waals surface area contributed by atoms with Crippen LogP contribution in [0.2, 0.25) is 0 Å². The third-order valence-corrected chi connectivity index (χ3v) is 4.03. The molecule has 1 aromatic heterocycles. The van der Waals surface area contributed by atoms with Crippen LogP contribution in [-0.2, 0) is 0 Å². The zero-order valence-electron chi connectivity index (χ0n) is 14.0. The fourth-order valence-electron chi connectivity index (χ4n) is 2.86. The summed E-state index contributed by atoms with van der Waals surface area (Å²) in [7, 11) is 0. The highest BCUT2D eigenvalue weighted by atomic mass is 19.2. The van der Waals surface area contributed by atoms with Gasteiger partial charge >= 0.3 is 0 Å². The lowest BCUT2D eigenvalue weighted by atomic mass is 9.95. The molecule has 2 rings (SSSR count). The Morgan fingerprint density at radius 3 is 2.05 bits per heavy atom. The average molecular weight is 307 g/mol. The van der Waals surface area contributed by atoms with E-state index in [2.05, 4.69) is 0 Å². The SMILES string of the molecule is CC(C)c1cn(C(C)C)c2c(C(C)C)c(F)c(F)cc2c1=O. The maximum absolute atomic E-state index is 14.3. The van der Waals surface area contributed by atoms with Crippen LogP contribution >= 0.6 is 0 Å². The van der Waals surface area contributed by atoms with Gasteiger partial charge in [0.05, 0.1) is 5.52 Å². The first-order chi connectivity index (χ1) is 10.2. The van der Waals surface area contributed by atoms with Crippen molar-refractivity contribution in [2.75, 3.05) is 0 Å². The zero-order chi connectivity index (χ0) is 16.8. The van der Waals surface area contributed by atoms with E-state index in [1.165, 1.54) is 0 Å². The number of hydrogen-bond acceptors (Lipinski definition) is 1. The molecule has 4 heteroatoms. The smallest absolute Gasteiger partial charge is 0.192 e. The van der Waals surface area contributed by atoms with Gasteiger partial charge in [0.25, 0.3) is 0 Å². The number of halogens is 2. The van der Waals surface area contributed by atoms with Gasteiger partial charge < -0.3 is 4.57 Å². The van der Waals surface area contributed by atoms with Crippen LogP contribution in [0.4, 0.5) is 8.78 Å². The summed E-state index contributed by atoms with van der Waals surface area (Å²) in [5, 5.41) is 0.266. The molecule has 0 bridgehead atoms. The monoisotopic (exact) mass is 307 g/mol. The molecule has 0 saturated heterocycles. The Morgan fingerprint density at radius 2 is 1.59 bits per heavy atom. The molecule has 1 heterocycles. The van der Waals surface area contributed by atoms with Gasteiger partial charge in [0.1, 0.15) is 0 Å². The number of nitrogens with zero attached hydrogens (tertiary/aromatic N) is 1. The van der Waals surface area contributed by atoms with Crippen molar-refractivity contribution in [3.05, 3.63) is 45.2 Å². The van der Waals surface area contributed by atoms with E-state index in [1.54, 1.807) is 6.20 Å². The van der Waals surface area contributed by atoms with E-state index in [0.29, 0.717) is 11.1 Å². The zero-order valence-corrected chi connectivity index (χ0v) is 14.0. The normalized spacial score (nSPS) is 12.1. The van der Waals surface area contributed by atoms with E-state index in [9.17, 15) is 13.6 Å². The minimum absolute atomic E-state index is 0.0255. The van der Waals surface area contributed by atoms with Crippen molar-refractivity contribution in [3.8, 4) is 0 Å². The summed E-state index contributed by atoms with van der Waals surface area (Å²) < 4.78 is 30.2. The van der Waals surface area contributed by atoms with Crippen LogP contribution in [0.25, 0.3) is 10.9 Å².